The minimum absolute atomic E-state index is 0.00732. The van der Waals surface area contributed by atoms with Crippen LogP contribution in [0.5, 0.6) is 11.6 Å². The van der Waals surface area contributed by atoms with Gasteiger partial charge in [-0.1, -0.05) is 6.07 Å². The van der Waals surface area contributed by atoms with E-state index in [1.807, 2.05) is 0 Å². The number of allylic oxidation sites excluding steroid dienone is 1. The van der Waals surface area contributed by atoms with E-state index in [4.69, 9.17) is 10.1 Å². The van der Waals surface area contributed by atoms with Crippen LogP contribution >= 0.6 is 0 Å². The highest BCUT2D eigenvalue weighted by Crippen LogP contribution is 2.32. The topological polar surface area (TPSA) is 107 Å². The number of methoxy groups -OCH3 is 1. The molecule has 4 aromatic rings. The maximum Gasteiger partial charge on any atom is 0.416 e. The normalized spacial score (nSPS) is 11.9. The van der Waals surface area contributed by atoms with Crippen LogP contribution in [-0.2, 0) is 6.18 Å². The lowest BCUT2D eigenvalue weighted by Gasteiger charge is -2.16. The van der Waals surface area contributed by atoms with E-state index in [1.165, 1.54) is 79.6 Å². The van der Waals surface area contributed by atoms with E-state index in [-0.39, 0.29) is 34.4 Å². The molecule has 208 valence electrons. The first kappa shape index (κ1) is 28.0. The maximum absolute atomic E-state index is 13.2. The van der Waals surface area contributed by atoms with E-state index < -0.39 is 23.8 Å². The summed E-state index contributed by atoms with van der Waals surface area (Å²) < 4.78 is 77.5. The lowest BCUT2D eigenvalue weighted by atomic mass is 10.1. The fourth-order valence-electron chi connectivity index (χ4n) is 3.69. The highest BCUT2D eigenvalue weighted by molar-refractivity contribution is 5.98. The number of anilines is 1. The molecule has 2 N–H and O–H groups in total. The fourth-order valence-corrected chi connectivity index (χ4v) is 3.69. The molecule has 0 radical (unpaired) electrons. The standard InChI is InChI=1S/C26H21F5N6O3/c1-15(32)12-19(34-17-5-3-4-16(13-17)26(29,30)31)24-21(38)9-11-36(35-24)20-7-6-18(14-22(20)39-2)37-23(8-10-33-37)40-25(27)28/h3-14,25,32,34H,1-2H3/b19-12-,32-15?. The molecule has 4 rings (SSSR count). The van der Waals surface area contributed by atoms with E-state index in [1.54, 1.807) is 0 Å². The van der Waals surface area contributed by atoms with Crippen LogP contribution in [0.2, 0.25) is 0 Å². The number of halogens is 5. The van der Waals surface area contributed by atoms with E-state index in [0.29, 0.717) is 11.4 Å². The maximum atomic E-state index is 13.2. The van der Waals surface area contributed by atoms with Gasteiger partial charge in [-0.25, -0.2) is 9.36 Å². The number of nitrogens with one attached hydrogen (secondary N) is 2. The number of benzene rings is 2. The zero-order valence-electron chi connectivity index (χ0n) is 20.9. The van der Waals surface area contributed by atoms with Crippen LogP contribution in [0.4, 0.5) is 27.6 Å². The molecule has 0 aliphatic heterocycles. The van der Waals surface area contributed by atoms with Crippen LogP contribution in [0.25, 0.3) is 17.1 Å². The molecule has 0 aliphatic carbocycles. The third-order valence-electron chi connectivity index (χ3n) is 5.37. The summed E-state index contributed by atoms with van der Waals surface area (Å²) in [5.41, 5.74) is -0.953. The summed E-state index contributed by atoms with van der Waals surface area (Å²) in [5, 5.41) is 19.0. The number of rotatable bonds is 9. The zero-order valence-corrected chi connectivity index (χ0v) is 20.9. The Bertz CT molecular complexity index is 1630. The van der Waals surface area contributed by atoms with Crippen LogP contribution in [0, 0.1) is 5.41 Å². The van der Waals surface area contributed by atoms with Crippen LogP contribution in [-0.4, -0.2) is 39.0 Å². The monoisotopic (exact) mass is 560 g/mol. The summed E-state index contributed by atoms with van der Waals surface area (Å²) in [6.45, 7) is -1.63. The number of ether oxygens (including phenoxy) is 2. The lowest BCUT2D eigenvalue weighted by molar-refractivity contribution is -0.137. The van der Waals surface area contributed by atoms with Crippen molar-refractivity contribution >= 4 is 17.1 Å². The van der Waals surface area contributed by atoms with Gasteiger partial charge in [0.25, 0.3) is 0 Å². The molecular formula is C26H21F5N6O3. The van der Waals surface area contributed by atoms with Gasteiger partial charge in [0.2, 0.25) is 11.3 Å². The van der Waals surface area contributed by atoms with Crippen LogP contribution in [0.15, 0.2) is 77.9 Å². The van der Waals surface area contributed by atoms with Crippen LogP contribution < -0.4 is 20.2 Å². The molecule has 0 saturated heterocycles. The number of nitrogens with zero attached hydrogens (tertiary/aromatic N) is 4. The Morgan fingerprint density at radius 2 is 1.90 bits per heavy atom. The second kappa shape index (κ2) is 11.4. The largest absolute Gasteiger partial charge is 0.494 e. The van der Waals surface area contributed by atoms with Crippen molar-refractivity contribution in [2.75, 3.05) is 12.4 Å². The Hall–Kier alpha value is -5.01. The van der Waals surface area contributed by atoms with Gasteiger partial charge in [-0.3, -0.25) is 4.79 Å². The summed E-state index contributed by atoms with van der Waals surface area (Å²) in [5.74, 6) is 0.0173. The summed E-state index contributed by atoms with van der Waals surface area (Å²) >= 11 is 0. The van der Waals surface area contributed by atoms with E-state index in [9.17, 15) is 26.7 Å². The molecule has 0 unspecified atom stereocenters. The fraction of sp³-hybridized carbons (Fsp3) is 0.154. The molecule has 0 saturated carbocycles. The Balaban J connectivity index is 1.75. The molecule has 14 heteroatoms. The predicted octanol–water partition coefficient (Wildman–Crippen LogP) is 5.54. The first-order valence-corrected chi connectivity index (χ1v) is 11.5. The molecule has 2 heterocycles. The average Bonchev–Trinajstić information content (AvgIpc) is 3.35. The third-order valence-corrected chi connectivity index (χ3v) is 5.37. The second-order valence-corrected chi connectivity index (χ2v) is 8.23. The first-order chi connectivity index (χ1) is 19.0. The van der Waals surface area contributed by atoms with Crippen molar-refractivity contribution in [3.05, 3.63) is 94.5 Å². The quantitative estimate of drug-likeness (QED) is 0.206. The van der Waals surface area contributed by atoms with E-state index in [2.05, 4.69) is 20.3 Å². The van der Waals surface area contributed by atoms with Gasteiger partial charge in [0, 0.05) is 35.8 Å². The van der Waals surface area contributed by atoms with Gasteiger partial charge >= 0.3 is 12.8 Å². The predicted molar refractivity (Wildman–Crippen MR) is 137 cm³/mol. The van der Waals surface area contributed by atoms with Crippen molar-refractivity contribution in [2.24, 2.45) is 0 Å². The van der Waals surface area contributed by atoms with Gasteiger partial charge in [0.1, 0.15) is 11.4 Å². The molecule has 0 spiro atoms. The summed E-state index contributed by atoms with van der Waals surface area (Å²) in [6, 6.07) is 11.4. The number of aromatic nitrogens is 4. The van der Waals surface area contributed by atoms with Crippen molar-refractivity contribution in [1.82, 2.24) is 19.6 Å². The number of hydrogen-bond acceptors (Lipinski definition) is 7. The van der Waals surface area contributed by atoms with Gasteiger partial charge in [-0.2, -0.15) is 32.1 Å². The van der Waals surface area contributed by atoms with Crippen molar-refractivity contribution in [2.45, 2.75) is 19.7 Å². The van der Waals surface area contributed by atoms with Crippen molar-refractivity contribution in [3.8, 4) is 23.0 Å². The van der Waals surface area contributed by atoms with E-state index in [0.717, 1.165) is 16.8 Å². The SMILES string of the molecule is COc1cc(-n2nccc2OC(F)F)ccc1-n1ccc(=O)c(/C(=C/C(C)=N)Nc2cccc(C(F)(F)F)c2)n1. The van der Waals surface area contributed by atoms with Gasteiger partial charge in [-0.15, -0.1) is 0 Å². The van der Waals surface area contributed by atoms with Gasteiger partial charge in [-0.05, 0) is 43.3 Å². The summed E-state index contributed by atoms with van der Waals surface area (Å²) in [7, 11) is 1.37. The average molecular weight is 560 g/mol. The Morgan fingerprint density at radius 1 is 1.12 bits per heavy atom. The molecule has 40 heavy (non-hydrogen) atoms. The molecule has 0 amide bonds. The van der Waals surface area contributed by atoms with Crippen LogP contribution in [0.3, 0.4) is 0 Å². The highest BCUT2D eigenvalue weighted by atomic mass is 19.4. The molecule has 9 nitrogen and oxygen atoms in total. The molecular weight excluding hydrogens is 539 g/mol. The Morgan fingerprint density at radius 3 is 2.58 bits per heavy atom. The highest BCUT2D eigenvalue weighted by Gasteiger charge is 2.30. The van der Waals surface area contributed by atoms with Crippen LogP contribution in [0.1, 0.15) is 18.2 Å². The molecule has 0 fully saturated rings. The second-order valence-electron chi connectivity index (χ2n) is 8.23. The van der Waals surface area contributed by atoms with Crippen molar-refractivity contribution in [3.63, 3.8) is 0 Å². The minimum Gasteiger partial charge on any atom is -0.494 e. The molecule has 2 aromatic heterocycles. The van der Waals surface area contributed by atoms with Crippen molar-refractivity contribution < 1.29 is 31.4 Å². The van der Waals surface area contributed by atoms with E-state index >= 15 is 0 Å². The first-order valence-electron chi connectivity index (χ1n) is 11.5. The molecule has 0 aliphatic rings. The zero-order chi connectivity index (χ0) is 29.0. The van der Waals surface area contributed by atoms with Crippen molar-refractivity contribution in [1.29, 1.82) is 5.41 Å². The third kappa shape index (κ3) is 6.34. The molecule has 2 aromatic carbocycles. The molecule has 0 bridgehead atoms. The summed E-state index contributed by atoms with van der Waals surface area (Å²) in [6.07, 6.45) is -0.690. The Kier molecular flexibility index (Phi) is 7.98. The van der Waals surface area contributed by atoms with Gasteiger partial charge in [0.05, 0.1) is 30.3 Å². The molecule has 0 atom stereocenters. The smallest absolute Gasteiger partial charge is 0.416 e. The summed E-state index contributed by atoms with van der Waals surface area (Å²) in [4.78, 5) is 12.8. The van der Waals surface area contributed by atoms with Gasteiger partial charge < -0.3 is 20.2 Å². The number of hydrogen-bond donors (Lipinski definition) is 2. The number of alkyl halides is 5. The lowest BCUT2D eigenvalue weighted by Crippen LogP contribution is -2.19. The Labute approximate surface area is 223 Å². The minimum atomic E-state index is -4.58. The van der Waals surface area contributed by atoms with Gasteiger partial charge in [0.15, 0.2) is 5.69 Å².